The molecule has 1 N–H and O–H groups in total. The van der Waals surface area contributed by atoms with Gasteiger partial charge in [-0.3, -0.25) is 9.59 Å². The van der Waals surface area contributed by atoms with Gasteiger partial charge >= 0.3 is 0 Å². The summed E-state index contributed by atoms with van der Waals surface area (Å²) in [6, 6.07) is 18.7. The molecule has 1 aliphatic heterocycles. The van der Waals surface area contributed by atoms with E-state index in [0.717, 1.165) is 25.7 Å². The van der Waals surface area contributed by atoms with Gasteiger partial charge in [-0.15, -0.1) is 11.3 Å². The molecule has 0 saturated carbocycles. The molecule has 0 saturated heterocycles. The predicted molar refractivity (Wildman–Crippen MR) is 128 cm³/mol. The van der Waals surface area contributed by atoms with Gasteiger partial charge in [0.1, 0.15) is 0 Å². The Hall–Kier alpha value is -3.20. The minimum atomic E-state index is -0.203. The molecule has 2 heterocycles. The Morgan fingerprint density at radius 2 is 1.97 bits per heavy atom. The summed E-state index contributed by atoms with van der Waals surface area (Å²) >= 11 is 3.06. The third-order valence-corrected chi connectivity index (χ3v) is 7.14. The number of hydrogen-bond donors (Lipinski definition) is 1. The predicted octanol–water partition coefficient (Wildman–Crippen LogP) is 5.31. The Morgan fingerprint density at radius 3 is 2.84 bits per heavy atom. The van der Waals surface area contributed by atoms with Crippen LogP contribution in [-0.4, -0.2) is 37.1 Å². The van der Waals surface area contributed by atoms with Crippen molar-refractivity contribution in [3.8, 4) is 0 Å². The second-order valence-corrected chi connectivity index (χ2v) is 9.19. The number of nitrogens with zero attached hydrogens (tertiary/aromatic N) is 2. The van der Waals surface area contributed by atoms with E-state index in [-0.39, 0.29) is 11.8 Å². The average Bonchev–Trinajstić information content (AvgIpc) is 3.24. The summed E-state index contributed by atoms with van der Waals surface area (Å²) in [5.41, 5.74) is 5.25. The Morgan fingerprint density at radius 1 is 1.09 bits per heavy atom. The first-order valence-corrected chi connectivity index (χ1v) is 11.7. The zero-order chi connectivity index (χ0) is 22.1. The highest BCUT2D eigenvalue weighted by atomic mass is 32.2. The zero-order valence-corrected chi connectivity index (χ0v) is 18.8. The lowest BCUT2D eigenvalue weighted by atomic mass is 10.1. The van der Waals surface area contributed by atoms with Crippen molar-refractivity contribution in [3.63, 3.8) is 0 Å². The normalized spacial score (nSPS) is 12.9. The molecule has 3 aromatic carbocycles. The molecule has 0 unspecified atom stereocenters. The minimum Gasteiger partial charge on any atom is -0.383 e. The quantitative estimate of drug-likeness (QED) is 0.436. The third-order valence-electron chi connectivity index (χ3n) is 5.20. The molecule has 5 rings (SSSR count). The second kappa shape index (κ2) is 8.74. The maximum Gasteiger partial charge on any atom is 0.259 e. The topological polar surface area (TPSA) is 71.5 Å². The van der Waals surface area contributed by atoms with E-state index in [2.05, 4.69) is 10.3 Å². The van der Waals surface area contributed by atoms with Crippen LogP contribution in [0.2, 0.25) is 0 Å². The molecule has 1 aliphatic rings. The number of fused-ring (bicyclic) bond motifs is 3. The Bertz CT molecular complexity index is 1340. The molecule has 32 heavy (non-hydrogen) atoms. The van der Waals surface area contributed by atoms with Crippen LogP contribution in [-0.2, 0) is 4.74 Å². The molecule has 0 atom stereocenters. The summed E-state index contributed by atoms with van der Waals surface area (Å²) < 4.78 is 6.27. The first kappa shape index (κ1) is 20.7. The van der Waals surface area contributed by atoms with E-state index in [1.807, 2.05) is 48.5 Å². The van der Waals surface area contributed by atoms with Gasteiger partial charge in [-0.05, 0) is 48.5 Å². The Balaban J connectivity index is 1.47. The fourth-order valence-corrected chi connectivity index (χ4v) is 5.39. The highest BCUT2D eigenvalue weighted by Crippen LogP contribution is 2.42. The van der Waals surface area contributed by atoms with E-state index < -0.39 is 0 Å². The maximum absolute atomic E-state index is 13.2. The molecule has 0 radical (unpaired) electrons. The van der Waals surface area contributed by atoms with Gasteiger partial charge in [0.2, 0.25) is 0 Å². The average molecular weight is 462 g/mol. The summed E-state index contributed by atoms with van der Waals surface area (Å²) in [5.74, 6) is -0.261. The Kier molecular flexibility index (Phi) is 5.65. The van der Waals surface area contributed by atoms with Crippen LogP contribution in [0.3, 0.4) is 0 Å². The van der Waals surface area contributed by atoms with Gasteiger partial charge in [0.05, 0.1) is 33.6 Å². The van der Waals surface area contributed by atoms with E-state index in [4.69, 9.17) is 4.74 Å². The first-order valence-electron chi connectivity index (χ1n) is 10.0. The van der Waals surface area contributed by atoms with Crippen LogP contribution in [0, 0.1) is 0 Å². The molecule has 8 heteroatoms. The van der Waals surface area contributed by atoms with Gasteiger partial charge in [-0.25, -0.2) is 4.98 Å². The number of aromatic nitrogens is 1. The molecule has 1 aromatic heterocycles. The van der Waals surface area contributed by atoms with Crippen molar-refractivity contribution < 1.29 is 14.3 Å². The second-order valence-electron chi connectivity index (χ2n) is 7.22. The monoisotopic (exact) mass is 461 g/mol. The summed E-state index contributed by atoms with van der Waals surface area (Å²) in [5, 5.41) is 2.97. The van der Waals surface area contributed by atoms with Crippen LogP contribution in [0.1, 0.15) is 20.7 Å². The van der Waals surface area contributed by atoms with Gasteiger partial charge < -0.3 is 15.0 Å². The smallest absolute Gasteiger partial charge is 0.259 e. The van der Waals surface area contributed by atoms with Crippen molar-refractivity contribution in [1.29, 1.82) is 0 Å². The van der Waals surface area contributed by atoms with Gasteiger partial charge in [-0.2, -0.15) is 0 Å². The number of nitrogens with one attached hydrogen (secondary N) is 1. The van der Waals surface area contributed by atoms with E-state index in [9.17, 15) is 9.59 Å². The highest BCUT2D eigenvalue weighted by Gasteiger charge is 2.27. The number of rotatable bonds is 5. The largest absolute Gasteiger partial charge is 0.383 e. The summed E-state index contributed by atoms with van der Waals surface area (Å²) in [7, 11) is 1.62. The van der Waals surface area contributed by atoms with Crippen molar-refractivity contribution in [2.75, 3.05) is 30.5 Å². The number of methoxy groups -OCH3 is 1. The van der Waals surface area contributed by atoms with Gasteiger partial charge in [0, 0.05) is 34.7 Å². The molecule has 0 bridgehead atoms. The SMILES string of the molecule is COCCN1C(=O)c2ccccc2Sc2cc(NC(=O)c3ccc4scnc4c3)ccc21. The number of thiazole rings is 1. The maximum atomic E-state index is 13.2. The standard InChI is InChI=1S/C24H19N3O3S2/c1-30-11-10-27-19-8-7-16(13-22(19)32-20-5-3-2-4-17(20)24(27)29)26-23(28)15-6-9-21-18(12-15)25-14-31-21/h2-9,12-14H,10-11H2,1H3,(H,26,28). The molecular formula is C24H19N3O3S2. The lowest BCUT2D eigenvalue weighted by Gasteiger charge is -2.23. The zero-order valence-electron chi connectivity index (χ0n) is 17.2. The van der Waals surface area contributed by atoms with Gasteiger partial charge in [-0.1, -0.05) is 23.9 Å². The van der Waals surface area contributed by atoms with Crippen LogP contribution >= 0.6 is 23.1 Å². The molecule has 0 aliphatic carbocycles. The number of carbonyl (C=O) groups excluding carboxylic acids is 2. The van der Waals surface area contributed by atoms with Crippen LogP contribution in [0.15, 0.2) is 76.0 Å². The fourth-order valence-electron chi connectivity index (χ4n) is 3.61. The number of hydrogen-bond acceptors (Lipinski definition) is 6. The van der Waals surface area contributed by atoms with Gasteiger partial charge in [0.25, 0.3) is 11.8 Å². The van der Waals surface area contributed by atoms with Crippen molar-refractivity contribution in [2.45, 2.75) is 9.79 Å². The Labute approximate surface area is 193 Å². The van der Waals surface area contributed by atoms with E-state index in [1.165, 1.54) is 11.8 Å². The molecule has 2 amide bonds. The van der Waals surface area contributed by atoms with Crippen LogP contribution in [0.25, 0.3) is 10.2 Å². The first-order chi connectivity index (χ1) is 15.6. The van der Waals surface area contributed by atoms with Crippen LogP contribution < -0.4 is 10.2 Å². The molecule has 160 valence electrons. The van der Waals surface area contributed by atoms with Crippen molar-refractivity contribution in [3.05, 3.63) is 77.3 Å². The lowest BCUT2D eigenvalue weighted by Crippen LogP contribution is -2.33. The van der Waals surface area contributed by atoms with Crippen molar-refractivity contribution in [2.24, 2.45) is 0 Å². The third kappa shape index (κ3) is 3.88. The minimum absolute atomic E-state index is 0.0581. The van der Waals surface area contributed by atoms with E-state index in [0.29, 0.717) is 30.0 Å². The van der Waals surface area contributed by atoms with E-state index in [1.54, 1.807) is 41.0 Å². The number of ether oxygens (including phenoxy) is 1. The van der Waals surface area contributed by atoms with Crippen molar-refractivity contribution in [1.82, 2.24) is 4.98 Å². The van der Waals surface area contributed by atoms with Crippen LogP contribution in [0.4, 0.5) is 11.4 Å². The lowest BCUT2D eigenvalue weighted by molar-refractivity contribution is 0.0972. The molecule has 4 aromatic rings. The summed E-state index contributed by atoms with van der Waals surface area (Å²) in [4.78, 5) is 33.9. The van der Waals surface area contributed by atoms with E-state index >= 15 is 0 Å². The number of anilines is 2. The van der Waals surface area contributed by atoms with Crippen molar-refractivity contribution >= 4 is 56.5 Å². The fraction of sp³-hybridized carbons (Fsp3) is 0.125. The summed E-state index contributed by atoms with van der Waals surface area (Å²) in [6.07, 6.45) is 0. The number of benzene rings is 3. The molecular weight excluding hydrogens is 442 g/mol. The molecule has 6 nitrogen and oxygen atoms in total. The molecule has 0 fully saturated rings. The molecule has 0 spiro atoms. The number of amides is 2. The summed E-state index contributed by atoms with van der Waals surface area (Å²) in [6.45, 7) is 0.867. The van der Waals surface area contributed by atoms with Gasteiger partial charge in [0.15, 0.2) is 0 Å². The number of carbonyl (C=O) groups is 2. The highest BCUT2D eigenvalue weighted by molar-refractivity contribution is 7.99. The van der Waals surface area contributed by atoms with Crippen LogP contribution in [0.5, 0.6) is 0 Å².